The number of nitrogens with one attached hydrogen (secondary N) is 1. The second-order valence-corrected chi connectivity index (χ2v) is 6.74. The fourth-order valence-corrected chi connectivity index (χ4v) is 2.41. The van der Waals surface area contributed by atoms with Gasteiger partial charge in [0.1, 0.15) is 4.90 Å². The average molecular weight is 307 g/mol. The maximum Gasteiger partial charge on any atom is 0.242 e. The smallest absolute Gasteiger partial charge is 0.242 e. The largest absolute Gasteiger partial charge is 0.263 e. The first-order chi connectivity index (χ1) is 7.43. The maximum atomic E-state index is 11.8. The van der Waals surface area contributed by atoms with Gasteiger partial charge in [0.15, 0.2) is 0 Å². The van der Waals surface area contributed by atoms with E-state index < -0.39 is 10.0 Å². The zero-order valence-corrected chi connectivity index (χ0v) is 11.6. The second-order valence-electron chi connectivity index (χ2n) is 3.80. The molecule has 1 aromatic rings. The van der Waals surface area contributed by atoms with E-state index in [1.54, 1.807) is 12.3 Å². The Labute approximate surface area is 105 Å². The van der Waals surface area contributed by atoms with Gasteiger partial charge in [0, 0.05) is 23.8 Å². The van der Waals surface area contributed by atoms with Gasteiger partial charge in [-0.05, 0) is 18.1 Å². The van der Waals surface area contributed by atoms with Crippen molar-refractivity contribution in [3.05, 3.63) is 24.5 Å². The highest BCUT2D eigenvalue weighted by molar-refractivity contribution is 9.09. The third kappa shape index (κ3) is 3.84. The predicted octanol–water partition coefficient (Wildman–Crippen LogP) is 1.78. The van der Waals surface area contributed by atoms with Crippen LogP contribution in [-0.2, 0) is 10.0 Å². The molecule has 1 unspecified atom stereocenters. The van der Waals surface area contributed by atoms with Crippen molar-refractivity contribution in [1.29, 1.82) is 0 Å². The van der Waals surface area contributed by atoms with E-state index in [2.05, 4.69) is 25.6 Å². The van der Waals surface area contributed by atoms with Crippen molar-refractivity contribution in [3.8, 4) is 0 Å². The van der Waals surface area contributed by atoms with Gasteiger partial charge in [0.2, 0.25) is 10.0 Å². The van der Waals surface area contributed by atoms with Gasteiger partial charge >= 0.3 is 0 Å². The topological polar surface area (TPSA) is 59.1 Å². The van der Waals surface area contributed by atoms with Crippen LogP contribution in [0.25, 0.3) is 0 Å². The molecule has 0 saturated heterocycles. The number of sulfonamides is 1. The van der Waals surface area contributed by atoms with E-state index in [1.807, 2.05) is 13.8 Å². The first-order valence-corrected chi connectivity index (χ1v) is 7.37. The van der Waals surface area contributed by atoms with Gasteiger partial charge in [-0.15, -0.1) is 0 Å². The highest BCUT2D eigenvalue weighted by Crippen LogP contribution is 2.12. The van der Waals surface area contributed by atoms with Crippen LogP contribution in [0.15, 0.2) is 29.4 Å². The highest BCUT2D eigenvalue weighted by atomic mass is 79.9. The lowest BCUT2D eigenvalue weighted by molar-refractivity contribution is 0.562. The molecule has 1 heterocycles. The summed E-state index contributed by atoms with van der Waals surface area (Å²) in [6.07, 6.45) is 2.88. The van der Waals surface area contributed by atoms with E-state index in [0.717, 1.165) is 0 Å². The average Bonchev–Trinajstić information content (AvgIpc) is 2.27. The van der Waals surface area contributed by atoms with E-state index in [4.69, 9.17) is 0 Å². The fourth-order valence-electron chi connectivity index (χ4n) is 1.01. The predicted molar refractivity (Wildman–Crippen MR) is 67.0 cm³/mol. The molecule has 0 amide bonds. The SMILES string of the molecule is CC(C)C(Br)CNS(=O)(=O)c1cccnc1. The molecular weight excluding hydrogens is 292 g/mol. The van der Waals surface area contributed by atoms with Crippen molar-refractivity contribution in [2.75, 3.05) is 6.54 Å². The van der Waals surface area contributed by atoms with E-state index in [-0.39, 0.29) is 9.72 Å². The Kier molecular flexibility index (Phi) is 4.89. The van der Waals surface area contributed by atoms with Crippen LogP contribution in [0, 0.1) is 5.92 Å². The third-order valence-corrected chi connectivity index (χ3v) is 4.93. The third-order valence-electron chi connectivity index (χ3n) is 2.14. The molecule has 0 bridgehead atoms. The molecule has 0 spiro atoms. The molecule has 0 radical (unpaired) electrons. The van der Waals surface area contributed by atoms with Gasteiger partial charge in [0.25, 0.3) is 0 Å². The molecule has 16 heavy (non-hydrogen) atoms. The van der Waals surface area contributed by atoms with Crippen molar-refractivity contribution in [2.24, 2.45) is 5.92 Å². The van der Waals surface area contributed by atoms with E-state index in [1.165, 1.54) is 12.3 Å². The van der Waals surface area contributed by atoms with E-state index >= 15 is 0 Å². The number of halogens is 1. The number of rotatable bonds is 5. The Morgan fingerprint density at radius 3 is 2.69 bits per heavy atom. The van der Waals surface area contributed by atoms with E-state index in [9.17, 15) is 8.42 Å². The molecule has 1 atom stereocenters. The van der Waals surface area contributed by atoms with Gasteiger partial charge in [-0.1, -0.05) is 29.8 Å². The Bertz CT molecular complexity index is 420. The van der Waals surface area contributed by atoms with Gasteiger partial charge in [0.05, 0.1) is 0 Å². The van der Waals surface area contributed by atoms with Gasteiger partial charge in [-0.3, -0.25) is 4.98 Å². The molecule has 0 saturated carbocycles. The molecule has 0 aliphatic carbocycles. The van der Waals surface area contributed by atoms with Crippen molar-refractivity contribution < 1.29 is 8.42 Å². The van der Waals surface area contributed by atoms with Crippen molar-refractivity contribution in [2.45, 2.75) is 23.6 Å². The Morgan fingerprint density at radius 1 is 1.50 bits per heavy atom. The molecule has 0 aliphatic rings. The molecule has 0 fully saturated rings. The number of hydrogen-bond acceptors (Lipinski definition) is 3. The summed E-state index contributed by atoms with van der Waals surface area (Å²) in [6, 6.07) is 3.12. The molecule has 0 aliphatic heterocycles. The summed E-state index contributed by atoms with van der Waals surface area (Å²) in [5, 5.41) is 0. The van der Waals surface area contributed by atoms with Crippen LogP contribution >= 0.6 is 15.9 Å². The first-order valence-electron chi connectivity index (χ1n) is 4.97. The first kappa shape index (κ1) is 13.6. The molecule has 1 N–H and O–H groups in total. The summed E-state index contributed by atoms with van der Waals surface area (Å²) in [5.41, 5.74) is 0. The number of aromatic nitrogens is 1. The summed E-state index contributed by atoms with van der Waals surface area (Å²) in [5.74, 6) is 0.372. The van der Waals surface area contributed by atoms with Gasteiger partial charge in [-0.25, -0.2) is 13.1 Å². The minimum Gasteiger partial charge on any atom is -0.263 e. The fraction of sp³-hybridized carbons (Fsp3) is 0.500. The Hall–Kier alpha value is -0.460. The van der Waals surface area contributed by atoms with Crippen LogP contribution in [0.5, 0.6) is 0 Å². The zero-order valence-electron chi connectivity index (χ0n) is 9.22. The van der Waals surface area contributed by atoms with Gasteiger partial charge in [-0.2, -0.15) is 0 Å². The maximum absolute atomic E-state index is 11.8. The normalized spacial score (nSPS) is 14.0. The number of pyridine rings is 1. The standard InChI is InChI=1S/C10H15BrN2O2S/c1-8(2)10(11)7-13-16(14,15)9-4-3-5-12-6-9/h3-6,8,10,13H,7H2,1-2H3. The second kappa shape index (κ2) is 5.75. The summed E-state index contributed by atoms with van der Waals surface area (Å²) < 4.78 is 26.1. The summed E-state index contributed by atoms with van der Waals surface area (Å²) in [4.78, 5) is 4.10. The van der Waals surface area contributed by atoms with Crippen LogP contribution < -0.4 is 4.72 Å². The lowest BCUT2D eigenvalue weighted by Gasteiger charge is -2.14. The quantitative estimate of drug-likeness (QED) is 0.844. The lowest BCUT2D eigenvalue weighted by Crippen LogP contribution is -2.31. The van der Waals surface area contributed by atoms with Gasteiger partial charge < -0.3 is 0 Å². The molecule has 6 heteroatoms. The van der Waals surface area contributed by atoms with Crippen LogP contribution in [0.4, 0.5) is 0 Å². The Morgan fingerprint density at radius 2 is 2.19 bits per heavy atom. The number of hydrogen-bond donors (Lipinski definition) is 1. The molecule has 1 aromatic heterocycles. The van der Waals surface area contributed by atoms with Crippen molar-refractivity contribution >= 4 is 26.0 Å². The number of alkyl halides is 1. The molecule has 4 nitrogen and oxygen atoms in total. The van der Waals surface area contributed by atoms with Crippen LogP contribution in [0.2, 0.25) is 0 Å². The summed E-state index contributed by atoms with van der Waals surface area (Å²) in [7, 11) is -3.43. The summed E-state index contributed by atoms with van der Waals surface area (Å²) in [6.45, 7) is 4.42. The number of nitrogens with zero attached hydrogens (tertiary/aromatic N) is 1. The highest BCUT2D eigenvalue weighted by Gasteiger charge is 2.16. The summed E-state index contributed by atoms with van der Waals surface area (Å²) >= 11 is 3.42. The minimum absolute atomic E-state index is 0.124. The molecule has 90 valence electrons. The molecular formula is C10H15BrN2O2S. The van der Waals surface area contributed by atoms with Crippen LogP contribution in [0.3, 0.4) is 0 Å². The van der Waals surface area contributed by atoms with Crippen LogP contribution in [-0.4, -0.2) is 24.8 Å². The monoisotopic (exact) mass is 306 g/mol. The van der Waals surface area contributed by atoms with Crippen molar-refractivity contribution in [3.63, 3.8) is 0 Å². The minimum atomic E-state index is -3.43. The van der Waals surface area contributed by atoms with Crippen molar-refractivity contribution in [1.82, 2.24) is 9.71 Å². The lowest BCUT2D eigenvalue weighted by atomic mass is 10.1. The van der Waals surface area contributed by atoms with E-state index in [0.29, 0.717) is 12.5 Å². The molecule has 1 rings (SSSR count). The van der Waals surface area contributed by atoms with Crippen LogP contribution in [0.1, 0.15) is 13.8 Å². The Balaban J connectivity index is 2.67. The zero-order chi connectivity index (χ0) is 12.2. The molecule has 0 aromatic carbocycles.